The second kappa shape index (κ2) is 7.71. The Bertz CT molecular complexity index is 737. The largest absolute Gasteiger partial charge is 0.353 e. The van der Waals surface area contributed by atoms with Crippen molar-refractivity contribution >= 4 is 37.6 Å². The van der Waals surface area contributed by atoms with Gasteiger partial charge in [0.2, 0.25) is 0 Å². The predicted octanol–water partition coefficient (Wildman–Crippen LogP) is 8.40. The van der Waals surface area contributed by atoms with Gasteiger partial charge in [-0.2, -0.15) is 0 Å². The Morgan fingerprint density at radius 2 is 1.37 bits per heavy atom. The SMILES string of the molecule is C[Si](C)(C)C(p1nc(N2CCCCC2)pc1C12CC3CC(CC(C3)C1)C2)[Si](C)(C)C. The maximum absolute atomic E-state index is 5.81. The van der Waals surface area contributed by atoms with Gasteiger partial charge in [0.1, 0.15) is 0 Å². The van der Waals surface area contributed by atoms with Crippen molar-refractivity contribution in [3.63, 3.8) is 0 Å². The first kappa shape index (κ1) is 22.2. The number of anilines is 1. The molecule has 2 nitrogen and oxygen atoms in total. The molecular weight excluding hydrogens is 434 g/mol. The highest BCUT2D eigenvalue weighted by molar-refractivity contribution is 7.63. The smallest absolute Gasteiger partial charge is 0.159 e. The van der Waals surface area contributed by atoms with Gasteiger partial charge in [0.25, 0.3) is 0 Å². The van der Waals surface area contributed by atoms with Gasteiger partial charge < -0.3 is 4.90 Å². The van der Waals surface area contributed by atoms with E-state index in [-0.39, 0.29) is 7.69 Å². The van der Waals surface area contributed by atoms with Crippen LogP contribution in [0.2, 0.25) is 39.3 Å². The Balaban J connectivity index is 1.63. The molecule has 168 valence electrons. The molecule has 0 spiro atoms. The van der Waals surface area contributed by atoms with E-state index in [1.165, 1.54) is 57.2 Å². The summed E-state index contributed by atoms with van der Waals surface area (Å²) in [5.74, 6) is 3.14. The van der Waals surface area contributed by atoms with Crippen molar-refractivity contribution in [2.45, 2.75) is 107 Å². The number of nitrogens with zero attached hydrogens (tertiary/aromatic N) is 2. The molecular formula is C24H44N2P2Si2. The molecule has 1 saturated heterocycles. The first-order chi connectivity index (χ1) is 14.1. The van der Waals surface area contributed by atoms with E-state index < -0.39 is 16.1 Å². The molecule has 5 fully saturated rings. The fraction of sp³-hybridized carbons (Fsp3) is 0.917. The quantitative estimate of drug-likeness (QED) is 0.395. The van der Waals surface area contributed by atoms with Crippen LogP contribution >= 0.6 is 15.9 Å². The summed E-state index contributed by atoms with van der Waals surface area (Å²) in [4.78, 5) is 3.66. The molecule has 0 amide bonds. The Labute approximate surface area is 190 Å². The van der Waals surface area contributed by atoms with Crippen LogP contribution in [-0.4, -0.2) is 34.0 Å². The number of piperidine rings is 1. The fourth-order valence-corrected chi connectivity index (χ4v) is 30.7. The summed E-state index contributed by atoms with van der Waals surface area (Å²) in [6.07, 6.45) is 13.5. The fourth-order valence-electron chi connectivity index (χ4n) is 8.50. The Morgan fingerprint density at radius 1 is 0.867 bits per heavy atom. The lowest BCUT2D eigenvalue weighted by Crippen LogP contribution is -2.49. The summed E-state index contributed by atoms with van der Waals surface area (Å²) in [6.45, 7) is 18.5. The van der Waals surface area contributed by atoms with Crippen LogP contribution in [0.4, 0.5) is 5.55 Å². The van der Waals surface area contributed by atoms with E-state index >= 15 is 0 Å². The molecule has 1 aliphatic heterocycles. The molecule has 4 saturated carbocycles. The lowest BCUT2D eigenvalue weighted by Gasteiger charge is -2.57. The number of hydrogen-bond donors (Lipinski definition) is 0. The van der Waals surface area contributed by atoms with Crippen molar-refractivity contribution in [3.8, 4) is 0 Å². The van der Waals surface area contributed by atoms with Crippen LogP contribution in [0.15, 0.2) is 0 Å². The lowest BCUT2D eigenvalue weighted by atomic mass is 9.50. The first-order valence-electron chi connectivity index (χ1n) is 12.8. The maximum Gasteiger partial charge on any atom is 0.159 e. The van der Waals surface area contributed by atoms with Crippen molar-refractivity contribution in [3.05, 3.63) is 5.03 Å². The summed E-state index contributed by atoms with van der Waals surface area (Å²) < 4.78 is 5.81. The van der Waals surface area contributed by atoms with E-state index in [0.717, 1.165) is 22.7 Å². The summed E-state index contributed by atoms with van der Waals surface area (Å²) in [6, 6.07) is 0. The van der Waals surface area contributed by atoms with E-state index in [1.807, 2.05) is 5.03 Å². The Hall–Kier alpha value is 0.374. The average molecular weight is 479 g/mol. The summed E-state index contributed by atoms with van der Waals surface area (Å²) in [5.41, 5.74) is 2.11. The van der Waals surface area contributed by atoms with Gasteiger partial charge in [-0.15, -0.1) is 0 Å². The maximum atomic E-state index is 5.81. The minimum atomic E-state index is -1.28. The zero-order valence-electron chi connectivity index (χ0n) is 20.4. The van der Waals surface area contributed by atoms with Gasteiger partial charge in [0, 0.05) is 28.4 Å². The van der Waals surface area contributed by atoms with Crippen LogP contribution in [0.1, 0.15) is 67.7 Å². The highest BCUT2D eigenvalue weighted by Crippen LogP contribution is 2.68. The summed E-state index contributed by atoms with van der Waals surface area (Å²) >= 11 is 0. The monoisotopic (exact) mass is 478 g/mol. The van der Waals surface area contributed by atoms with E-state index in [2.05, 4.69) is 44.2 Å². The van der Waals surface area contributed by atoms with Crippen molar-refractivity contribution in [1.82, 2.24) is 4.75 Å². The minimum absolute atomic E-state index is 0.299. The molecule has 30 heavy (non-hydrogen) atoms. The molecule has 2 heterocycles. The molecule has 0 aromatic carbocycles. The first-order valence-corrected chi connectivity index (χ1v) is 22.2. The highest BCUT2D eigenvalue weighted by atomic mass is 31.1. The van der Waals surface area contributed by atoms with Crippen molar-refractivity contribution in [1.29, 1.82) is 0 Å². The Kier molecular flexibility index (Phi) is 5.70. The minimum Gasteiger partial charge on any atom is -0.353 e. The predicted molar refractivity (Wildman–Crippen MR) is 141 cm³/mol. The zero-order valence-corrected chi connectivity index (χ0v) is 24.2. The molecule has 4 bridgehead atoms. The van der Waals surface area contributed by atoms with Gasteiger partial charge >= 0.3 is 0 Å². The molecule has 1 unspecified atom stereocenters. The third kappa shape index (κ3) is 3.95. The van der Waals surface area contributed by atoms with Gasteiger partial charge in [-0.1, -0.05) is 39.3 Å². The second-order valence-corrected chi connectivity index (χ2v) is 29.0. The molecule has 4 aliphatic carbocycles. The second-order valence-electron chi connectivity index (χ2n) is 13.6. The van der Waals surface area contributed by atoms with Crippen LogP contribution in [0.25, 0.3) is 0 Å². The van der Waals surface area contributed by atoms with Crippen LogP contribution in [-0.2, 0) is 5.41 Å². The van der Waals surface area contributed by atoms with E-state index in [1.54, 1.807) is 27.5 Å². The molecule has 6 heteroatoms. The molecule has 1 atom stereocenters. The molecule has 1 aromatic rings. The van der Waals surface area contributed by atoms with Gasteiger partial charge in [0.15, 0.2) is 5.55 Å². The van der Waals surface area contributed by atoms with E-state index in [9.17, 15) is 0 Å². The van der Waals surface area contributed by atoms with Crippen LogP contribution in [0, 0.1) is 17.8 Å². The van der Waals surface area contributed by atoms with Crippen LogP contribution in [0.5, 0.6) is 0 Å². The zero-order chi connectivity index (χ0) is 21.3. The summed E-state index contributed by atoms with van der Waals surface area (Å²) in [5, 5.41) is 2.01. The standard InChI is InChI=1S/C24H44N2P2Si2/c1-29(2,3)23(30(4,5)6)28-21(27-22(25-28)26-10-8-7-9-11-26)24-15-18-12-19(16-24)14-20(13-18)17-24/h18-20,23H,7-17H2,1-6H3. The van der Waals surface area contributed by atoms with Crippen LogP contribution in [0.3, 0.4) is 0 Å². The lowest BCUT2D eigenvalue weighted by molar-refractivity contribution is -0.00198. The molecule has 6 rings (SSSR count). The molecule has 0 N–H and O–H groups in total. The van der Waals surface area contributed by atoms with Crippen molar-refractivity contribution in [2.75, 3.05) is 18.0 Å². The highest BCUT2D eigenvalue weighted by Gasteiger charge is 2.54. The van der Waals surface area contributed by atoms with Crippen LogP contribution < -0.4 is 4.90 Å². The molecule has 0 radical (unpaired) electrons. The van der Waals surface area contributed by atoms with Gasteiger partial charge in [-0.25, -0.2) is 4.75 Å². The van der Waals surface area contributed by atoms with E-state index in [0.29, 0.717) is 5.41 Å². The normalized spacial score (nSPS) is 35.1. The summed E-state index contributed by atoms with van der Waals surface area (Å²) in [7, 11) is -1.26. The number of hydrogen-bond acceptors (Lipinski definition) is 2. The average Bonchev–Trinajstić information content (AvgIpc) is 3.04. The van der Waals surface area contributed by atoms with Gasteiger partial charge in [-0.3, -0.25) is 0 Å². The third-order valence-corrected chi connectivity index (χ3v) is 27.4. The molecule has 1 aromatic heterocycles. The van der Waals surface area contributed by atoms with Crippen molar-refractivity contribution < 1.29 is 0 Å². The number of rotatable bonds is 5. The third-order valence-electron chi connectivity index (χ3n) is 8.66. The van der Waals surface area contributed by atoms with Gasteiger partial charge in [0.05, 0.1) is 16.1 Å². The molecule has 5 aliphatic rings. The topological polar surface area (TPSA) is 16.1 Å². The van der Waals surface area contributed by atoms with E-state index in [4.69, 9.17) is 4.75 Å². The van der Waals surface area contributed by atoms with Gasteiger partial charge in [-0.05, 0) is 91.4 Å². The van der Waals surface area contributed by atoms with Crippen molar-refractivity contribution in [2.24, 2.45) is 17.8 Å². The Morgan fingerprint density at radius 3 is 1.83 bits per heavy atom. The number of aromatic nitrogens is 1.